The van der Waals surface area contributed by atoms with E-state index < -0.39 is 0 Å². The monoisotopic (exact) mass is 176 g/mol. The van der Waals surface area contributed by atoms with E-state index in [1.165, 1.54) is 0 Å². The molecule has 3 nitrogen and oxygen atoms in total. The molecule has 0 spiro atoms. The van der Waals surface area contributed by atoms with Crippen LogP contribution in [-0.2, 0) is 0 Å². The Morgan fingerprint density at radius 3 is 2.92 bits per heavy atom. The summed E-state index contributed by atoms with van der Waals surface area (Å²) in [5.41, 5.74) is 1.05. The summed E-state index contributed by atoms with van der Waals surface area (Å²) in [7, 11) is 0. The molecule has 0 aromatic carbocycles. The van der Waals surface area contributed by atoms with Crippen molar-refractivity contribution in [3.05, 3.63) is 30.5 Å². The van der Waals surface area contributed by atoms with Crippen LogP contribution in [0.25, 0.3) is 5.52 Å². The van der Waals surface area contributed by atoms with Crippen molar-refractivity contribution in [3.8, 4) is 5.88 Å². The number of aromatic nitrogens is 2. The van der Waals surface area contributed by atoms with Crippen LogP contribution in [0.1, 0.15) is 13.8 Å². The molecule has 0 saturated heterocycles. The molecule has 13 heavy (non-hydrogen) atoms. The van der Waals surface area contributed by atoms with E-state index >= 15 is 0 Å². The van der Waals surface area contributed by atoms with E-state index in [2.05, 4.69) is 5.10 Å². The van der Waals surface area contributed by atoms with E-state index in [1.807, 2.05) is 44.3 Å². The summed E-state index contributed by atoms with van der Waals surface area (Å²) in [4.78, 5) is 0. The number of nitrogens with zero attached hydrogens (tertiary/aromatic N) is 2. The smallest absolute Gasteiger partial charge is 0.234 e. The van der Waals surface area contributed by atoms with Gasteiger partial charge in [0.05, 0.1) is 11.6 Å². The summed E-state index contributed by atoms with van der Waals surface area (Å²) in [6.07, 6.45) is 2.08. The van der Waals surface area contributed by atoms with Crippen LogP contribution >= 0.6 is 0 Å². The third-order valence-corrected chi connectivity index (χ3v) is 1.70. The number of rotatable bonds is 2. The Kier molecular flexibility index (Phi) is 1.93. The topological polar surface area (TPSA) is 26.5 Å². The van der Waals surface area contributed by atoms with Gasteiger partial charge in [-0.25, -0.2) is 4.52 Å². The van der Waals surface area contributed by atoms with Gasteiger partial charge >= 0.3 is 0 Å². The maximum absolute atomic E-state index is 5.47. The molecule has 0 saturated carbocycles. The van der Waals surface area contributed by atoms with Gasteiger partial charge in [-0.05, 0) is 26.0 Å². The molecule has 0 N–H and O–H groups in total. The first-order chi connectivity index (χ1) is 6.25. The summed E-state index contributed by atoms with van der Waals surface area (Å²) in [5, 5.41) is 4.25. The van der Waals surface area contributed by atoms with Crippen molar-refractivity contribution in [1.29, 1.82) is 0 Å². The molecule has 0 fully saturated rings. The first-order valence-corrected chi connectivity index (χ1v) is 4.37. The summed E-state index contributed by atoms with van der Waals surface area (Å²) in [6.45, 7) is 3.98. The lowest BCUT2D eigenvalue weighted by atomic mass is 10.4. The van der Waals surface area contributed by atoms with Gasteiger partial charge in [0.1, 0.15) is 0 Å². The first kappa shape index (κ1) is 8.10. The van der Waals surface area contributed by atoms with Crippen LogP contribution < -0.4 is 4.74 Å². The van der Waals surface area contributed by atoms with Crippen LogP contribution in [0.2, 0.25) is 0 Å². The van der Waals surface area contributed by atoms with Gasteiger partial charge < -0.3 is 4.74 Å². The van der Waals surface area contributed by atoms with Crippen molar-refractivity contribution in [2.24, 2.45) is 0 Å². The maximum Gasteiger partial charge on any atom is 0.234 e. The molecule has 2 rings (SSSR count). The van der Waals surface area contributed by atoms with Gasteiger partial charge in [-0.2, -0.15) is 0 Å². The fourth-order valence-corrected chi connectivity index (χ4v) is 1.21. The Morgan fingerprint density at radius 1 is 1.38 bits per heavy atom. The minimum Gasteiger partial charge on any atom is -0.474 e. The lowest BCUT2D eigenvalue weighted by Crippen LogP contribution is -2.05. The highest BCUT2D eigenvalue weighted by atomic mass is 16.5. The van der Waals surface area contributed by atoms with E-state index in [0.717, 1.165) is 5.52 Å². The third-order valence-electron chi connectivity index (χ3n) is 1.70. The molecule has 0 radical (unpaired) electrons. The molecule has 68 valence electrons. The molecule has 0 amide bonds. The molecule has 0 unspecified atom stereocenters. The minimum atomic E-state index is 0.171. The van der Waals surface area contributed by atoms with Crippen LogP contribution in [0.15, 0.2) is 30.5 Å². The Bertz CT molecular complexity index is 373. The minimum absolute atomic E-state index is 0.171. The second-order valence-electron chi connectivity index (χ2n) is 3.22. The highest BCUT2D eigenvalue weighted by molar-refractivity contribution is 5.48. The normalized spacial score (nSPS) is 11.0. The van der Waals surface area contributed by atoms with Crippen LogP contribution in [0.4, 0.5) is 0 Å². The van der Waals surface area contributed by atoms with Crippen molar-refractivity contribution in [2.75, 3.05) is 0 Å². The Morgan fingerprint density at radius 2 is 2.23 bits per heavy atom. The quantitative estimate of drug-likeness (QED) is 0.700. The molecule has 3 heteroatoms. The SMILES string of the molecule is CC(C)Oc1cc2ccccn2n1. The average Bonchev–Trinajstić information content (AvgIpc) is 2.44. The fraction of sp³-hybridized carbons (Fsp3) is 0.300. The van der Waals surface area contributed by atoms with Crippen LogP contribution in [-0.4, -0.2) is 15.7 Å². The van der Waals surface area contributed by atoms with Gasteiger partial charge in [-0.1, -0.05) is 6.07 Å². The first-order valence-electron chi connectivity index (χ1n) is 4.37. The predicted molar refractivity (Wildman–Crippen MR) is 51.0 cm³/mol. The van der Waals surface area contributed by atoms with Crippen LogP contribution in [0.3, 0.4) is 0 Å². The number of fused-ring (bicyclic) bond motifs is 1. The summed E-state index contributed by atoms with van der Waals surface area (Å²) < 4.78 is 7.27. The van der Waals surface area contributed by atoms with Gasteiger partial charge in [0.15, 0.2) is 0 Å². The van der Waals surface area contributed by atoms with E-state index in [9.17, 15) is 0 Å². The molecule has 0 atom stereocenters. The van der Waals surface area contributed by atoms with Crippen LogP contribution in [0, 0.1) is 0 Å². The number of hydrogen-bond acceptors (Lipinski definition) is 2. The zero-order valence-electron chi connectivity index (χ0n) is 7.77. The maximum atomic E-state index is 5.47. The van der Waals surface area contributed by atoms with E-state index in [-0.39, 0.29) is 6.10 Å². The van der Waals surface area contributed by atoms with E-state index in [4.69, 9.17) is 4.74 Å². The van der Waals surface area contributed by atoms with E-state index in [1.54, 1.807) is 4.52 Å². The summed E-state index contributed by atoms with van der Waals surface area (Å²) >= 11 is 0. The number of ether oxygens (including phenoxy) is 1. The van der Waals surface area contributed by atoms with Gasteiger partial charge in [-0.3, -0.25) is 0 Å². The Balaban J connectivity index is 2.38. The zero-order chi connectivity index (χ0) is 9.26. The van der Waals surface area contributed by atoms with Gasteiger partial charge in [-0.15, -0.1) is 5.10 Å². The van der Waals surface area contributed by atoms with Crippen molar-refractivity contribution in [3.63, 3.8) is 0 Å². The van der Waals surface area contributed by atoms with Gasteiger partial charge in [0.25, 0.3) is 0 Å². The number of hydrogen-bond donors (Lipinski definition) is 0. The van der Waals surface area contributed by atoms with Gasteiger partial charge in [0, 0.05) is 12.3 Å². The molecule has 2 aromatic heterocycles. The van der Waals surface area contributed by atoms with Crippen molar-refractivity contribution in [1.82, 2.24) is 9.61 Å². The molecule has 2 heterocycles. The number of pyridine rings is 1. The summed E-state index contributed by atoms with van der Waals surface area (Å²) in [6, 6.07) is 7.86. The lowest BCUT2D eigenvalue weighted by Gasteiger charge is -2.03. The molecule has 0 bridgehead atoms. The van der Waals surface area contributed by atoms with Gasteiger partial charge in [0.2, 0.25) is 5.88 Å². The van der Waals surface area contributed by atoms with E-state index in [0.29, 0.717) is 5.88 Å². The second-order valence-corrected chi connectivity index (χ2v) is 3.22. The standard InChI is InChI=1S/C10H12N2O/c1-8(2)13-10-7-9-5-3-4-6-12(9)11-10/h3-8H,1-2H3. The molecular weight excluding hydrogens is 164 g/mol. The highest BCUT2D eigenvalue weighted by Crippen LogP contribution is 2.13. The Labute approximate surface area is 76.9 Å². The van der Waals surface area contributed by atoms with Crippen molar-refractivity contribution in [2.45, 2.75) is 20.0 Å². The largest absolute Gasteiger partial charge is 0.474 e. The molecule has 0 aliphatic heterocycles. The third kappa shape index (κ3) is 1.64. The second kappa shape index (κ2) is 3.09. The predicted octanol–water partition coefficient (Wildman–Crippen LogP) is 2.12. The van der Waals surface area contributed by atoms with Crippen molar-refractivity contribution < 1.29 is 4.74 Å². The lowest BCUT2D eigenvalue weighted by molar-refractivity contribution is 0.231. The zero-order valence-corrected chi connectivity index (χ0v) is 7.77. The molecular formula is C10H12N2O. The highest BCUT2D eigenvalue weighted by Gasteiger charge is 2.02. The Hall–Kier alpha value is -1.51. The summed E-state index contributed by atoms with van der Waals surface area (Å²) in [5.74, 6) is 0.682. The van der Waals surface area contributed by atoms with Crippen LogP contribution in [0.5, 0.6) is 5.88 Å². The molecule has 0 aliphatic rings. The fourth-order valence-electron chi connectivity index (χ4n) is 1.21. The molecule has 0 aliphatic carbocycles. The average molecular weight is 176 g/mol. The molecule has 2 aromatic rings. The van der Waals surface area contributed by atoms with Crippen molar-refractivity contribution >= 4 is 5.52 Å².